The van der Waals surface area contributed by atoms with Gasteiger partial charge in [-0.1, -0.05) is 132 Å². The van der Waals surface area contributed by atoms with Gasteiger partial charge in [0.15, 0.2) is 0 Å². The van der Waals surface area contributed by atoms with Gasteiger partial charge >= 0.3 is 0 Å². The van der Waals surface area contributed by atoms with E-state index in [1.54, 1.807) is 0 Å². The van der Waals surface area contributed by atoms with Gasteiger partial charge in [-0.2, -0.15) is 0 Å². The van der Waals surface area contributed by atoms with E-state index >= 15 is 0 Å². The van der Waals surface area contributed by atoms with Crippen LogP contribution < -0.4 is 11.5 Å². The molecule has 0 aliphatic heterocycles. The number of nitrogen functional groups attached to an aromatic ring is 2. The Morgan fingerprint density at radius 2 is 0.681 bits per heavy atom. The summed E-state index contributed by atoms with van der Waals surface area (Å²) in [5.41, 5.74) is 25.3. The molecular weight excluding hydrogens is 569 g/mol. The zero-order valence-electron chi connectivity index (χ0n) is 29.7. The average Bonchev–Trinajstić information content (AvgIpc) is 3.08. The maximum atomic E-state index is 6.07. The summed E-state index contributed by atoms with van der Waals surface area (Å²) in [6.45, 7) is 4.50. The number of hydrogen-bond donors (Lipinski definition) is 2. The summed E-state index contributed by atoms with van der Waals surface area (Å²) < 4.78 is 0. The molecule has 0 radical (unpaired) electrons. The van der Waals surface area contributed by atoms with E-state index in [1.807, 2.05) is 12.1 Å². The van der Waals surface area contributed by atoms with Crippen LogP contribution in [0.1, 0.15) is 142 Å². The van der Waals surface area contributed by atoms with Crippen molar-refractivity contribution in [2.45, 2.75) is 136 Å². The summed E-state index contributed by atoms with van der Waals surface area (Å²) in [5, 5.41) is 0. The molecule has 0 spiro atoms. The maximum Gasteiger partial charge on any atom is 0.0316 e. The number of hydrogen-bond acceptors (Lipinski definition) is 2. The first kappa shape index (κ1) is 36.3. The number of nitrogens with two attached hydrogens (primary N) is 2. The number of unbranched alkanes of at least 4 members (excludes halogenated alkanes) is 10. The van der Waals surface area contributed by atoms with Gasteiger partial charge in [-0.05, 0) is 133 Å². The van der Waals surface area contributed by atoms with Gasteiger partial charge in [0.25, 0.3) is 0 Å². The van der Waals surface area contributed by atoms with Crippen molar-refractivity contribution in [3.8, 4) is 0 Å². The molecule has 4 rings (SSSR count). The van der Waals surface area contributed by atoms with E-state index in [0.717, 1.165) is 37.1 Å². The largest absolute Gasteiger partial charge is 0.399 e. The van der Waals surface area contributed by atoms with Gasteiger partial charge in [-0.3, -0.25) is 0 Å². The molecule has 0 unspecified atom stereocenters. The van der Waals surface area contributed by atoms with Gasteiger partial charge in [-0.15, -0.1) is 0 Å². The second-order valence-electron chi connectivity index (χ2n) is 13.9. The first-order valence-corrected chi connectivity index (χ1v) is 18.9. The van der Waals surface area contributed by atoms with Gasteiger partial charge < -0.3 is 11.5 Å². The van der Waals surface area contributed by atoms with Crippen LogP contribution in [0.25, 0.3) is 0 Å². The van der Waals surface area contributed by atoms with Crippen molar-refractivity contribution in [1.82, 2.24) is 0 Å². The van der Waals surface area contributed by atoms with E-state index in [9.17, 15) is 0 Å². The van der Waals surface area contributed by atoms with Crippen molar-refractivity contribution in [2.75, 3.05) is 11.5 Å². The van der Waals surface area contributed by atoms with Crippen LogP contribution in [0.5, 0.6) is 0 Å². The molecule has 0 aliphatic carbocycles. The van der Waals surface area contributed by atoms with Gasteiger partial charge in [-0.25, -0.2) is 0 Å². The Hall–Kier alpha value is -3.52. The Labute approximate surface area is 287 Å². The molecule has 2 nitrogen and oxygen atoms in total. The number of aryl methyl sites for hydroxylation is 4. The maximum absolute atomic E-state index is 6.07. The van der Waals surface area contributed by atoms with Crippen LogP contribution >= 0.6 is 0 Å². The minimum Gasteiger partial charge on any atom is -0.399 e. The molecule has 252 valence electrons. The van der Waals surface area contributed by atoms with Gasteiger partial charge in [0, 0.05) is 11.4 Å². The highest BCUT2D eigenvalue weighted by atomic mass is 14.5. The lowest BCUT2D eigenvalue weighted by atomic mass is 9.95. The minimum atomic E-state index is 0.881. The topological polar surface area (TPSA) is 52.0 Å². The SMILES string of the molecule is CCCCc1cc(N)ccc1Cc1ccc(CCCCCCCCCCCc2ccc(Cc3ccc(N)cc3CCCC)cc2)cc1. The summed E-state index contributed by atoms with van der Waals surface area (Å²) >= 11 is 0. The predicted octanol–water partition coefficient (Wildman–Crippen LogP) is 12.0. The number of rotatable bonds is 22. The van der Waals surface area contributed by atoms with E-state index in [0.29, 0.717) is 0 Å². The average molecular weight is 631 g/mol. The summed E-state index contributed by atoms with van der Waals surface area (Å²) in [6.07, 6.45) is 23.7. The van der Waals surface area contributed by atoms with E-state index < -0.39 is 0 Å². The quantitative estimate of drug-likeness (QED) is 0.0670. The molecule has 4 aromatic carbocycles. The molecule has 0 amide bonds. The highest BCUT2D eigenvalue weighted by Gasteiger charge is 2.07. The van der Waals surface area contributed by atoms with Crippen LogP contribution in [0.3, 0.4) is 0 Å². The van der Waals surface area contributed by atoms with Crippen LogP contribution in [0, 0.1) is 0 Å². The molecule has 0 fully saturated rings. The van der Waals surface area contributed by atoms with Crippen LogP contribution in [0.4, 0.5) is 11.4 Å². The first-order chi connectivity index (χ1) is 23.0. The monoisotopic (exact) mass is 630 g/mol. The van der Waals surface area contributed by atoms with Crippen molar-refractivity contribution in [3.63, 3.8) is 0 Å². The predicted molar refractivity (Wildman–Crippen MR) is 206 cm³/mol. The fraction of sp³-hybridized carbons (Fsp3) is 0.467. The second kappa shape index (κ2) is 20.7. The third kappa shape index (κ3) is 13.3. The number of benzene rings is 4. The fourth-order valence-corrected chi connectivity index (χ4v) is 6.82. The van der Waals surface area contributed by atoms with E-state index in [4.69, 9.17) is 11.5 Å². The van der Waals surface area contributed by atoms with E-state index in [-0.39, 0.29) is 0 Å². The van der Waals surface area contributed by atoms with Gasteiger partial charge in [0.05, 0.1) is 0 Å². The van der Waals surface area contributed by atoms with Gasteiger partial charge in [0.1, 0.15) is 0 Å². The highest BCUT2D eigenvalue weighted by molar-refractivity contribution is 5.47. The summed E-state index contributed by atoms with van der Waals surface area (Å²) in [4.78, 5) is 0. The molecule has 2 heteroatoms. The Bertz CT molecular complexity index is 1320. The molecule has 47 heavy (non-hydrogen) atoms. The van der Waals surface area contributed by atoms with Crippen LogP contribution in [-0.4, -0.2) is 0 Å². The lowest BCUT2D eigenvalue weighted by Crippen LogP contribution is -1.98. The molecule has 0 bridgehead atoms. The molecule has 4 aromatic rings. The van der Waals surface area contributed by atoms with Crippen molar-refractivity contribution in [3.05, 3.63) is 129 Å². The fourth-order valence-electron chi connectivity index (χ4n) is 6.82. The standard InChI is InChI=1S/C45H62N2/c1-3-5-18-40-34-44(46)30-28-42(40)32-38-24-20-36(21-25-38)16-14-12-10-8-7-9-11-13-15-17-37-22-26-39(27-23-37)33-43-29-31-45(47)35-41(43)19-6-4-2/h20-31,34-35H,3-19,32-33,46-47H2,1-2H3. The van der Waals surface area contributed by atoms with Crippen LogP contribution in [0.2, 0.25) is 0 Å². The van der Waals surface area contributed by atoms with Crippen LogP contribution in [0.15, 0.2) is 84.9 Å². The van der Waals surface area contributed by atoms with E-state index in [2.05, 4.69) is 86.6 Å². The zero-order chi connectivity index (χ0) is 33.1. The Morgan fingerprint density at radius 1 is 0.340 bits per heavy atom. The van der Waals surface area contributed by atoms with Crippen molar-refractivity contribution in [1.29, 1.82) is 0 Å². The Balaban J connectivity index is 1.03. The first-order valence-electron chi connectivity index (χ1n) is 18.9. The molecule has 0 atom stereocenters. The minimum absolute atomic E-state index is 0.881. The second-order valence-corrected chi connectivity index (χ2v) is 13.9. The third-order valence-electron chi connectivity index (χ3n) is 9.83. The number of anilines is 2. The van der Waals surface area contributed by atoms with Crippen molar-refractivity contribution < 1.29 is 0 Å². The molecule has 0 heterocycles. The lowest BCUT2D eigenvalue weighted by Gasteiger charge is -2.11. The normalized spacial score (nSPS) is 11.3. The smallest absolute Gasteiger partial charge is 0.0316 e. The molecule has 4 N–H and O–H groups in total. The molecule has 0 saturated carbocycles. The van der Waals surface area contributed by atoms with Crippen molar-refractivity contribution >= 4 is 11.4 Å². The Kier molecular flexibility index (Phi) is 16.0. The summed E-state index contributed by atoms with van der Waals surface area (Å²) in [5.74, 6) is 0. The summed E-state index contributed by atoms with van der Waals surface area (Å²) in [7, 11) is 0. The molecule has 0 aromatic heterocycles. The van der Waals surface area contributed by atoms with E-state index in [1.165, 1.54) is 141 Å². The Morgan fingerprint density at radius 3 is 1.04 bits per heavy atom. The zero-order valence-corrected chi connectivity index (χ0v) is 29.7. The molecular formula is C45H62N2. The summed E-state index contributed by atoms with van der Waals surface area (Å²) in [6, 6.07) is 31.6. The lowest BCUT2D eigenvalue weighted by molar-refractivity contribution is 0.558. The molecule has 0 saturated heterocycles. The van der Waals surface area contributed by atoms with Gasteiger partial charge in [0.2, 0.25) is 0 Å². The third-order valence-corrected chi connectivity index (χ3v) is 9.83. The van der Waals surface area contributed by atoms with Crippen LogP contribution in [-0.2, 0) is 38.5 Å². The highest BCUT2D eigenvalue weighted by Crippen LogP contribution is 2.22. The van der Waals surface area contributed by atoms with Crippen molar-refractivity contribution in [2.24, 2.45) is 0 Å². The molecule has 0 aliphatic rings.